The second-order valence-electron chi connectivity index (χ2n) is 14.8. The fourth-order valence-corrected chi connectivity index (χ4v) is 7.64. The van der Waals surface area contributed by atoms with Gasteiger partial charge in [0.1, 0.15) is 77.9 Å². The molecule has 0 saturated carbocycles. The van der Waals surface area contributed by atoms with E-state index in [-0.39, 0.29) is 23.3 Å². The number of hydrogen-bond donors (Lipinski definition) is 9. The minimum absolute atomic E-state index is 0.0862. The van der Waals surface area contributed by atoms with Gasteiger partial charge in [-0.05, 0) is 74.8 Å². The van der Waals surface area contributed by atoms with Crippen molar-refractivity contribution < 1.29 is 59.6 Å². The number of aliphatic hydroxyl groups is 5. The van der Waals surface area contributed by atoms with E-state index in [9.17, 15) is 40.5 Å². The number of rotatable bonds is 14. The van der Waals surface area contributed by atoms with Crippen LogP contribution in [-0.4, -0.2) is 111 Å². The molecular weight excluding hydrogens is 714 g/mol. The molecule has 4 aromatic rings. The lowest BCUT2D eigenvalue weighted by molar-refractivity contribution is -0.763. The van der Waals surface area contributed by atoms with Gasteiger partial charge in [-0.3, -0.25) is 14.7 Å². The molecule has 3 aliphatic heterocycles. The lowest BCUT2D eigenvalue weighted by Crippen LogP contribution is -3.01. The Kier molecular flexibility index (Phi) is 10.6. The first-order valence-corrected chi connectivity index (χ1v) is 18.1. The summed E-state index contributed by atoms with van der Waals surface area (Å²) in [5, 5.41) is 78.8. The smallest absolute Gasteiger partial charge is 0.222 e. The van der Waals surface area contributed by atoms with Crippen LogP contribution in [-0.2, 0) is 22.6 Å². The van der Waals surface area contributed by atoms with Gasteiger partial charge in [0, 0.05) is 48.1 Å². The molecule has 0 saturated heterocycles. The molecule has 1 aromatic heterocycles. The molecular formula is C40H46N3O12+. The van der Waals surface area contributed by atoms with Crippen molar-refractivity contribution in [3.8, 4) is 17.2 Å². The van der Waals surface area contributed by atoms with E-state index < -0.39 is 55.3 Å². The van der Waals surface area contributed by atoms with Crippen LogP contribution in [0, 0.1) is 6.92 Å². The van der Waals surface area contributed by atoms with E-state index in [1.807, 2.05) is 19.2 Å². The van der Waals surface area contributed by atoms with Gasteiger partial charge in [-0.25, -0.2) is 9.78 Å². The third-order valence-corrected chi connectivity index (χ3v) is 10.8. The Hall–Kier alpha value is -4.68. The van der Waals surface area contributed by atoms with Crippen LogP contribution in [0.3, 0.4) is 0 Å². The molecule has 3 aliphatic rings. The van der Waals surface area contributed by atoms with Crippen molar-refractivity contribution in [3.05, 3.63) is 93.1 Å². The molecule has 4 heterocycles. The molecule has 0 bridgehead atoms. The van der Waals surface area contributed by atoms with Crippen LogP contribution in [0.2, 0.25) is 0 Å². The quantitative estimate of drug-likeness (QED) is 0.0639. The molecule has 7 unspecified atom stereocenters. The fraction of sp³-hybridized carbons (Fsp3) is 0.400. The average molecular weight is 761 g/mol. The van der Waals surface area contributed by atoms with E-state index in [4.69, 9.17) is 18.9 Å². The first-order chi connectivity index (χ1) is 26.2. The number of aromatic hydroxyl groups is 2. The standard InChI is InChI=1S/C40H45N3O12/c1-21-12-31(47)28-13-24-14-33(39(2,9-11-41-3)54-36(24)34(37(28)53-21)43-17-23-8-10-42-29(23)18-43)55-52-20-40(51,38(50)35(49)32(48)19-44)16-22-4-7-30(46)26-6-5-25(45)15-27(22)26/h4-8,10,12-13,15,18,32-33,35,38,41,44-46,48-51H,9,11,14,16-17,19-20H2,1-3H3/p+1. The van der Waals surface area contributed by atoms with Gasteiger partial charge in [0.15, 0.2) is 11.2 Å². The lowest BCUT2D eigenvalue weighted by atomic mass is 9.84. The van der Waals surface area contributed by atoms with E-state index >= 15 is 0 Å². The van der Waals surface area contributed by atoms with E-state index in [0.717, 1.165) is 16.2 Å². The summed E-state index contributed by atoms with van der Waals surface area (Å²) in [7, 11) is 1.80. The number of nitrogens with zero attached hydrogens (tertiary/aromatic N) is 1. The minimum Gasteiger partial charge on any atom is -0.508 e. The van der Waals surface area contributed by atoms with Crippen molar-refractivity contribution in [2.75, 3.05) is 33.4 Å². The molecule has 292 valence electrons. The van der Waals surface area contributed by atoms with Crippen LogP contribution < -0.4 is 20.4 Å². The van der Waals surface area contributed by atoms with E-state index in [1.54, 1.807) is 26.3 Å². The van der Waals surface area contributed by atoms with Gasteiger partial charge in [-0.1, -0.05) is 6.07 Å². The zero-order chi connectivity index (χ0) is 39.2. The number of aliphatic imine (C=N–C) groups is 1. The number of phenols is 2. The Balaban J connectivity index is 1.23. The maximum Gasteiger partial charge on any atom is 0.222 e. The molecule has 7 atom stereocenters. The van der Waals surface area contributed by atoms with E-state index in [0.29, 0.717) is 69.6 Å². The highest BCUT2D eigenvalue weighted by atomic mass is 17.2. The molecule has 0 aliphatic carbocycles. The Labute approximate surface area is 315 Å². The molecule has 15 nitrogen and oxygen atoms in total. The first kappa shape index (κ1) is 38.6. The summed E-state index contributed by atoms with van der Waals surface area (Å²) >= 11 is 0. The second-order valence-corrected chi connectivity index (χ2v) is 14.8. The molecule has 3 aromatic carbocycles. The lowest BCUT2D eigenvalue weighted by Gasteiger charge is -2.42. The summed E-state index contributed by atoms with van der Waals surface area (Å²) in [6.45, 7) is 3.01. The molecule has 0 amide bonds. The van der Waals surface area contributed by atoms with Crippen molar-refractivity contribution in [1.82, 2.24) is 5.32 Å². The summed E-state index contributed by atoms with van der Waals surface area (Å²) < 4.78 is 13.1. The van der Waals surface area contributed by atoms with Crippen LogP contribution in [0.15, 0.2) is 80.2 Å². The number of nitrogens with one attached hydrogen (secondary N) is 2. The zero-order valence-electron chi connectivity index (χ0n) is 30.7. The summed E-state index contributed by atoms with van der Waals surface area (Å²) in [5.74, 6) is 0.787. The van der Waals surface area contributed by atoms with Crippen LogP contribution >= 0.6 is 0 Å². The first-order valence-electron chi connectivity index (χ1n) is 18.1. The van der Waals surface area contributed by atoms with Gasteiger partial charge in [0.25, 0.3) is 0 Å². The van der Waals surface area contributed by atoms with Crippen molar-refractivity contribution in [2.24, 2.45) is 4.99 Å². The van der Waals surface area contributed by atoms with Gasteiger partial charge in [-0.15, -0.1) is 0 Å². The van der Waals surface area contributed by atoms with Gasteiger partial charge in [-0.2, -0.15) is 0 Å². The maximum absolute atomic E-state index is 13.4. The predicted octanol–water partition coefficient (Wildman–Crippen LogP) is 0.717. The third-order valence-electron chi connectivity index (χ3n) is 10.8. The summed E-state index contributed by atoms with van der Waals surface area (Å²) in [5.41, 5.74) is 0.310. The summed E-state index contributed by atoms with van der Waals surface area (Å²) in [6, 6.07) is 10.3. The van der Waals surface area contributed by atoms with Crippen LogP contribution in [0.1, 0.15) is 30.2 Å². The van der Waals surface area contributed by atoms with Crippen molar-refractivity contribution >= 4 is 33.6 Å². The topological polar surface area (TPSA) is 228 Å². The van der Waals surface area contributed by atoms with Crippen LogP contribution in [0.4, 0.5) is 5.69 Å². The van der Waals surface area contributed by atoms with Crippen molar-refractivity contribution in [2.45, 2.75) is 68.7 Å². The normalized spacial score (nSPS) is 23.1. The zero-order valence-corrected chi connectivity index (χ0v) is 30.7. The second kappa shape index (κ2) is 15.1. The number of aryl methyl sites for hydroxylation is 1. The van der Waals surface area contributed by atoms with Crippen LogP contribution in [0.5, 0.6) is 17.2 Å². The predicted molar refractivity (Wildman–Crippen MR) is 201 cm³/mol. The number of quaternary nitrogens is 1. The van der Waals surface area contributed by atoms with E-state index in [2.05, 4.69) is 10.3 Å². The number of hydrogen-bond acceptors (Lipinski definition) is 14. The third kappa shape index (κ3) is 7.26. The number of allylic oxidation sites excluding steroid dienone is 1. The number of aliphatic hydroxyl groups excluding tert-OH is 4. The number of fused-ring (bicyclic) bond motifs is 4. The highest BCUT2D eigenvalue weighted by molar-refractivity contribution is 5.92. The van der Waals surface area contributed by atoms with Crippen molar-refractivity contribution in [3.63, 3.8) is 0 Å². The average Bonchev–Trinajstić information content (AvgIpc) is 3.77. The number of ether oxygens (including phenoxy) is 1. The molecule has 7 rings (SSSR count). The minimum atomic E-state index is -2.36. The number of benzene rings is 3. The Bertz CT molecular complexity index is 2270. The molecule has 9 N–H and O–H groups in total. The highest BCUT2D eigenvalue weighted by Crippen LogP contribution is 2.44. The Morgan fingerprint density at radius 2 is 1.91 bits per heavy atom. The van der Waals surface area contributed by atoms with Gasteiger partial charge in [0.05, 0.1) is 12.0 Å². The Morgan fingerprint density at radius 1 is 1.11 bits per heavy atom. The Morgan fingerprint density at radius 3 is 2.65 bits per heavy atom. The SMILES string of the molecule is CNCCC1(C)Oc2c(cc3c(=O)cc(C)oc3c2[NH+]2C=C3N=CC=C3C2)CC1OOCC(O)(Cc1ccc(O)c2ccc(O)cc12)C(O)C(O)C(O)CO. The monoisotopic (exact) mass is 760 g/mol. The number of phenolic OH excluding ortho intramolecular Hbond substituents is 2. The van der Waals surface area contributed by atoms with Gasteiger partial charge < -0.3 is 50.2 Å². The highest BCUT2D eigenvalue weighted by Gasteiger charge is 2.48. The molecule has 0 spiro atoms. The molecule has 0 fully saturated rings. The molecule has 55 heavy (non-hydrogen) atoms. The van der Waals surface area contributed by atoms with Crippen molar-refractivity contribution in [1.29, 1.82) is 0 Å². The molecule has 0 radical (unpaired) electrons. The van der Waals surface area contributed by atoms with Gasteiger partial charge in [0.2, 0.25) is 11.3 Å². The fourth-order valence-electron chi connectivity index (χ4n) is 7.64. The summed E-state index contributed by atoms with van der Waals surface area (Å²) in [6.07, 6.45) is -0.839. The molecule has 15 heteroatoms. The van der Waals surface area contributed by atoms with E-state index in [1.165, 1.54) is 36.4 Å². The van der Waals surface area contributed by atoms with Gasteiger partial charge >= 0.3 is 0 Å². The summed E-state index contributed by atoms with van der Waals surface area (Å²) in [4.78, 5) is 30.6. The largest absolute Gasteiger partial charge is 0.508 e. The van der Waals surface area contributed by atoms with Crippen LogP contribution in [0.25, 0.3) is 21.7 Å². The maximum atomic E-state index is 13.4.